The van der Waals surface area contributed by atoms with Crippen LogP contribution in [0, 0.1) is 17.8 Å². The summed E-state index contributed by atoms with van der Waals surface area (Å²) in [5.41, 5.74) is 0.523. The molecule has 0 bridgehead atoms. The fraction of sp³-hybridized carbons (Fsp3) is 0.500. The van der Waals surface area contributed by atoms with Crippen LogP contribution in [0.5, 0.6) is 0 Å². The highest BCUT2D eigenvalue weighted by Gasteiger charge is 2.42. The largest absolute Gasteiger partial charge is 0.378 e. The lowest BCUT2D eigenvalue weighted by Crippen LogP contribution is -2.35. The smallest absolute Gasteiger partial charge is 0.264 e. The van der Waals surface area contributed by atoms with Crippen LogP contribution in [0.4, 0.5) is 0 Å². The number of aromatic nitrogens is 1. The SMILES string of the molecule is CC(C)[C@H]1CC[C@@H](C)C[C@H]1O[P@@](=O)(c1ccccc1)[C@@H](O)c1cccnc1. The Morgan fingerprint density at radius 1 is 1.15 bits per heavy atom. The van der Waals surface area contributed by atoms with Crippen molar-refractivity contribution in [2.45, 2.75) is 52.0 Å². The average molecular weight is 387 g/mol. The van der Waals surface area contributed by atoms with Crippen molar-refractivity contribution in [3.05, 3.63) is 60.4 Å². The molecular weight excluding hydrogens is 357 g/mol. The van der Waals surface area contributed by atoms with E-state index in [1.807, 2.05) is 18.2 Å². The zero-order chi connectivity index (χ0) is 19.4. The Kier molecular flexibility index (Phi) is 6.52. The number of rotatable bonds is 6. The average Bonchev–Trinajstić information content (AvgIpc) is 2.68. The predicted octanol–water partition coefficient (Wildman–Crippen LogP) is 5.15. The van der Waals surface area contributed by atoms with Crippen molar-refractivity contribution in [3.63, 3.8) is 0 Å². The lowest BCUT2D eigenvalue weighted by Gasteiger charge is -2.39. The van der Waals surface area contributed by atoms with Gasteiger partial charge in [0.1, 0.15) is 0 Å². The van der Waals surface area contributed by atoms with E-state index in [0.29, 0.717) is 28.6 Å². The Morgan fingerprint density at radius 2 is 1.89 bits per heavy atom. The van der Waals surface area contributed by atoms with Crippen LogP contribution in [0.2, 0.25) is 0 Å². The van der Waals surface area contributed by atoms with Crippen LogP contribution in [0.3, 0.4) is 0 Å². The third-order valence-corrected chi connectivity index (χ3v) is 8.22. The van der Waals surface area contributed by atoms with Crippen molar-refractivity contribution < 1.29 is 14.2 Å². The highest BCUT2D eigenvalue weighted by molar-refractivity contribution is 7.67. The molecule has 1 aliphatic carbocycles. The first-order valence-electron chi connectivity index (χ1n) is 9.83. The maximum absolute atomic E-state index is 14.2. The molecular formula is C22H30NO3P. The minimum Gasteiger partial charge on any atom is -0.378 e. The van der Waals surface area contributed by atoms with Gasteiger partial charge in [-0.15, -0.1) is 0 Å². The summed E-state index contributed by atoms with van der Waals surface area (Å²) in [6, 6.07) is 12.6. The van der Waals surface area contributed by atoms with E-state index in [1.54, 1.807) is 36.7 Å². The molecule has 3 rings (SSSR count). The van der Waals surface area contributed by atoms with Gasteiger partial charge in [-0.3, -0.25) is 9.55 Å². The minimum atomic E-state index is -3.54. The molecule has 1 aliphatic rings. The molecule has 1 saturated carbocycles. The molecule has 0 radical (unpaired) electrons. The van der Waals surface area contributed by atoms with Crippen molar-refractivity contribution >= 4 is 12.7 Å². The molecule has 1 aromatic heterocycles. The van der Waals surface area contributed by atoms with Gasteiger partial charge in [0.2, 0.25) is 0 Å². The molecule has 1 heterocycles. The van der Waals surface area contributed by atoms with Crippen molar-refractivity contribution in [1.29, 1.82) is 0 Å². The van der Waals surface area contributed by atoms with Crippen LogP contribution in [-0.2, 0) is 9.09 Å². The van der Waals surface area contributed by atoms with Crippen molar-refractivity contribution in [3.8, 4) is 0 Å². The maximum Gasteiger partial charge on any atom is 0.264 e. The fourth-order valence-electron chi connectivity index (χ4n) is 4.06. The van der Waals surface area contributed by atoms with E-state index in [9.17, 15) is 9.67 Å². The summed E-state index contributed by atoms with van der Waals surface area (Å²) in [4.78, 5) is 4.08. The molecule has 0 saturated heterocycles. The summed E-state index contributed by atoms with van der Waals surface area (Å²) >= 11 is 0. The fourth-order valence-corrected chi connectivity index (χ4v) is 6.35. The topological polar surface area (TPSA) is 59.4 Å². The number of aliphatic hydroxyl groups excluding tert-OH is 1. The summed E-state index contributed by atoms with van der Waals surface area (Å²) in [5.74, 6) is 0.102. The molecule has 0 aliphatic heterocycles. The Hall–Kier alpha value is -1.48. The molecule has 5 atom stereocenters. The zero-order valence-corrected chi connectivity index (χ0v) is 17.3. The van der Waals surface area contributed by atoms with Gasteiger partial charge in [0.25, 0.3) is 7.37 Å². The van der Waals surface area contributed by atoms with Gasteiger partial charge in [0, 0.05) is 23.3 Å². The van der Waals surface area contributed by atoms with Crippen molar-refractivity contribution in [1.82, 2.24) is 4.98 Å². The summed E-state index contributed by atoms with van der Waals surface area (Å²) in [7, 11) is -3.54. The molecule has 27 heavy (non-hydrogen) atoms. The van der Waals surface area contributed by atoms with Crippen molar-refractivity contribution in [2.24, 2.45) is 17.8 Å². The lowest BCUT2D eigenvalue weighted by atomic mass is 9.75. The number of hydrogen-bond acceptors (Lipinski definition) is 4. The van der Waals surface area contributed by atoms with Gasteiger partial charge in [0.05, 0.1) is 6.10 Å². The minimum absolute atomic E-state index is 0.119. The van der Waals surface area contributed by atoms with Crippen LogP contribution in [0.1, 0.15) is 51.4 Å². The Bertz CT molecular complexity index is 766. The van der Waals surface area contributed by atoms with E-state index >= 15 is 0 Å². The number of benzene rings is 1. The highest BCUT2D eigenvalue weighted by atomic mass is 31.2. The molecule has 1 fully saturated rings. The van der Waals surface area contributed by atoms with Crippen LogP contribution in [-0.4, -0.2) is 16.2 Å². The summed E-state index contributed by atoms with van der Waals surface area (Å²) in [5, 5.41) is 11.6. The predicted molar refractivity (Wildman–Crippen MR) is 109 cm³/mol. The van der Waals surface area contributed by atoms with Gasteiger partial charge in [0.15, 0.2) is 5.85 Å². The maximum atomic E-state index is 14.2. The molecule has 4 nitrogen and oxygen atoms in total. The van der Waals surface area contributed by atoms with Gasteiger partial charge >= 0.3 is 0 Å². The zero-order valence-electron chi connectivity index (χ0n) is 16.4. The van der Waals surface area contributed by atoms with Gasteiger partial charge < -0.3 is 9.63 Å². The second kappa shape index (κ2) is 8.68. The van der Waals surface area contributed by atoms with Gasteiger partial charge in [-0.2, -0.15) is 0 Å². The third kappa shape index (κ3) is 4.51. The lowest BCUT2D eigenvalue weighted by molar-refractivity contribution is 0.0427. The van der Waals surface area contributed by atoms with Crippen LogP contribution >= 0.6 is 7.37 Å². The third-order valence-electron chi connectivity index (χ3n) is 5.67. The van der Waals surface area contributed by atoms with E-state index in [4.69, 9.17) is 4.52 Å². The Labute approximate surface area is 162 Å². The van der Waals surface area contributed by atoms with Crippen molar-refractivity contribution in [2.75, 3.05) is 0 Å². The van der Waals surface area contributed by atoms with Crippen LogP contribution < -0.4 is 5.30 Å². The Morgan fingerprint density at radius 3 is 2.52 bits per heavy atom. The molecule has 0 unspecified atom stereocenters. The van der Waals surface area contributed by atoms with E-state index in [-0.39, 0.29) is 6.10 Å². The standard InChI is InChI=1S/C22H30NO3P/c1-16(2)20-12-11-17(3)14-21(20)26-27(25,19-9-5-4-6-10-19)22(24)18-8-7-13-23-15-18/h4-10,13,15-17,20-22,24H,11-12,14H2,1-3H3/t17-,20-,21-,22-,27+/m1/s1. The van der Waals surface area contributed by atoms with Gasteiger partial charge in [-0.25, -0.2) is 0 Å². The summed E-state index contributed by atoms with van der Waals surface area (Å²) in [6.07, 6.45) is 6.20. The summed E-state index contributed by atoms with van der Waals surface area (Å²) < 4.78 is 20.6. The van der Waals surface area contributed by atoms with Gasteiger partial charge in [-0.05, 0) is 48.8 Å². The molecule has 2 aromatic rings. The Balaban J connectivity index is 1.98. The van der Waals surface area contributed by atoms with Crippen LogP contribution in [0.25, 0.3) is 0 Å². The number of aliphatic hydroxyl groups is 1. The summed E-state index contributed by atoms with van der Waals surface area (Å²) in [6.45, 7) is 6.61. The van der Waals surface area contributed by atoms with E-state index < -0.39 is 13.2 Å². The number of hydrogen-bond donors (Lipinski definition) is 1. The van der Waals surface area contributed by atoms with Crippen LogP contribution in [0.15, 0.2) is 54.9 Å². The molecule has 1 N–H and O–H groups in total. The molecule has 5 heteroatoms. The van der Waals surface area contributed by atoms with E-state index in [0.717, 1.165) is 12.8 Å². The molecule has 1 aromatic carbocycles. The molecule has 0 amide bonds. The van der Waals surface area contributed by atoms with E-state index in [2.05, 4.69) is 25.8 Å². The highest BCUT2D eigenvalue weighted by Crippen LogP contribution is 2.60. The normalized spacial score (nSPS) is 26.5. The van der Waals surface area contributed by atoms with E-state index in [1.165, 1.54) is 6.42 Å². The quantitative estimate of drug-likeness (QED) is 0.696. The first-order valence-corrected chi connectivity index (χ1v) is 11.5. The number of nitrogens with zero attached hydrogens (tertiary/aromatic N) is 1. The second-order valence-electron chi connectivity index (χ2n) is 8.06. The second-order valence-corrected chi connectivity index (χ2v) is 10.5. The first-order chi connectivity index (χ1) is 12.9. The monoisotopic (exact) mass is 387 g/mol. The first kappa shape index (κ1) is 20.3. The molecule has 0 spiro atoms. The molecule has 146 valence electrons. The van der Waals surface area contributed by atoms with Gasteiger partial charge in [-0.1, -0.05) is 51.5 Å². The number of pyridine rings is 1.